The first-order valence-corrected chi connectivity index (χ1v) is 12.7. The molecule has 0 bridgehead atoms. The fourth-order valence-corrected chi connectivity index (χ4v) is 3.98. The Kier molecular flexibility index (Phi) is 22.7. The maximum atomic E-state index is 11.0. The minimum absolute atomic E-state index is 0.0759. The largest absolute Gasteiger partial charge is 0.465 e. The summed E-state index contributed by atoms with van der Waals surface area (Å²) in [6.07, 6.45) is 23.3. The first-order valence-electron chi connectivity index (χ1n) is 11.5. The van der Waals surface area contributed by atoms with E-state index in [1.54, 1.807) is 0 Å². The topological polar surface area (TPSA) is 26.3 Å². The fraction of sp³-hybridized carbons (Fsp3) is 0.957. The lowest BCUT2D eigenvalue weighted by molar-refractivity contribution is -0.142. The van der Waals surface area contributed by atoms with Gasteiger partial charge < -0.3 is 4.74 Å². The third-order valence-corrected chi connectivity index (χ3v) is 5.95. The van der Waals surface area contributed by atoms with Gasteiger partial charge in [-0.05, 0) is 12.2 Å². The third-order valence-electron chi connectivity index (χ3n) is 4.92. The lowest BCUT2D eigenvalue weighted by Gasteiger charge is -2.04. The predicted molar refractivity (Wildman–Crippen MR) is 118 cm³/mol. The second kappa shape index (κ2) is 22.9. The molecule has 0 unspecified atom stereocenters. The molecule has 0 amide bonds. The Bertz CT molecular complexity index is 281. The van der Waals surface area contributed by atoms with Crippen molar-refractivity contribution >= 4 is 17.7 Å². The molecular weight excluding hydrogens is 340 g/mol. The van der Waals surface area contributed by atoms with Crippen LogP contribution in [0.3, 0.4) is 0 Å². The van der Waals surface area contributed by atoms with Crippen molar-refractivity contribution in [2.45, 2.75) is 123 Å². The number of thioether (sulfide) groups is 1. The van der Waals surface area contributed by atoms with Gasteiger partial charge in [-0.3, -0.25) is 4.79 Å². The van der Waals surface area contributed by atoms with Gasteiger partial charge in [-0.2, -0.15) is 11.8 Å². The van der Waals surface area contributed by atoms with Crippen molar-refractivity contribution in [2.75, 3.05) is 18.1 Å². The minimum Gasteiger partial charge on any atom is -0.465 e. The number of unbranched alkanes of at least 4 members (excludes halogenated alkanes) is 15. The summed E-state index contributed by atoms with van der Waals surface area (Å²) in [6.45, 7) is 4.71. The zero-order valence-corrected chi connectivity index (χ0v) is 18.7. The zero-order chi connectivity index (χ0) is 19.1. The van der Waals surface area contributed by atoms with E-state index in [0.717, 1.165) is 5.75 Å². The Labute approximate surface area is 168 Å². The summed E-state index contributed by atoms with van der Waals surface area (Å²) in [5, 5.41) is 0. The highest BCUT2D eigenvalue weighted by Crippen LogP contribution is 2.14. The van der Waals surface area contributed by atoms with Gasteiger partial charge in [0.05, 0.1) is 0 Å². The quantitative estimate of drug-likeness (QED) is 0.148. The molecule has 0 aromatic rings. The molecule has 0 aliphatic rings. The molecule has 2 nitrogen and oxygen atoms in total. The summed E-state index contributed by atoms with van der Waals surface area (Å²) in [7, 11) is 0. The van der Waals surface area contributed by atoms with Crippen molar-refractivity contribution in [2.24, 2.45) is 0 Å². The molecule has 0 saturated carbocycles. The summed E-state index contributed by atoms with van der Waals surface area (Å²) < 4.78 is 5.06. The van der Waals surface area contributed by atoms with Crippen molar-refractivity contribution in [3.05, 3.63) is 0 Å². The van der Waals surface area contributed by atoms with E-state index in [9.17, 15) is 4.79 Å². The standard InChI is InChI=1S/C23H46O2S/c1-3-5-6-7-8-9-10-11-12-13-14-15-16-17-18-19-21-26-22-20-25-23(24)4-2/h3-22H2,1-2H3. The normalized spacial score (nSPS) is 11.0. The van der Waals surface area contributed by atoms with Crippen molar-refractivity contribution < 1.29 is 9.53 Å². The number of carbonyl (C=O) groups excluding carboxylic acids is 1. The van der Waals surface area contributed by atoms with E-state index < -0.39 is 0 Å². The van der Waals surface area contributed by atoms with E-state index in [2.05, 4.69) is 6.92 Å². The predicted octanol–water partition coefficient (Wildman–Crippen LogP) is 7.93. The Balaban J connectivity index is 3.00. The monoisotopic (exact) mass is 386 g/mol. The Morgan fingerprint density at radius 2 is 1.04 bits per heavy atom. The van der Waals surface area contributed by atoms with Crippen LogP contribution in [0.15, 0.2) is 0 Å². The number of carbonyl (C=O) groups is 1. The molecule has 0 aliphatic carbocycles. The number of esters is 1. The first kappa shape index (κ1) is 25.8. The van der Waals surface area contributed by atoms with Gasteiger partial charge >= 0.3 is 5.97 Å². The average molecular weight is 387 g/mol. The van der Waals surface area contributed by atoms with Gasteiger partial charge in [-0.1, -0.05) is 110 Å². The molecule has 0 saturated heterocycles. The second-order valence-electron chi connectivity index (χ2n) is 7.49. The van der Waals surface area contributed by atoms with Crippen LogP contribution in [0.5, 0.6) is 0 Å². The molecule has 0 atom stereocenters. The summed E-state index contributed by atoms with van der Waals surface area (Å²) in [5.41, 5.74) is 0. The average Bonchev–Trinajstić information content (AvgIpc) is 2.66. The highest BCUT2D eigenvalue weighted by Gasteiger charge is 1.98. The molecule has 0 aliphatic heterocycles. The van der Waals surface area contributed by atoms with Gasteiger partial charge in [0.1, 0.15) is 6.61 Å². The smallest absolute Gasteiger partial charge is 0.305 e. The maximum Gasteiger partial charge on any atom is 0.305 e. The Hall–Kier alpha value is -0.180. The molecule has 156 valence electrons. The van der Waals surface area contributed by atoms with E-state index in [-0.39, 0.29) is 5.97 Å². The zero-order valence-electron chi connectivity index (χ0n) is 17.9. The number of hydrogen-bond acceptors (Lipinski definition) is 3. The van der Waals surface area contributed by atoms with Crippen LogP contribution < -0.4 is 0 Å². The SMILES string of the molecule is CCCCCCCCCCCCCCCCCCSCCOC(=O)CC. The molecule has 0 fully saturated rings. The highest BCUT2D eigenvalue weighted by atomic mass is 32.2. The molecule has 0 heterocycles. The molecular formula is C23H46O2S. The van der Waals surface area contributed by atoms with Crippen LogP contribution in [0.25, 0.3) is 0 Å². The molecule has 3 heteroatoms. The lowest BCUT2D eigenvalue weighted by atomic mass is 10.0. The molecule has 26 heavy (non-hydrogen) atoms. The van der Waals surface area contributed by atoms with Crippen molar-refractivity contribution in [1.82, 2.24) is 0 Å². The van der Waals surface area contributed by atoms with Crippen LogP contribution in [-0.2, 0) is 9.53 Å². The van der Waals surface area contributed by atoms with Gasteiger partial charge in [-0.15, -0.1) is 0 Å². The second-order valence-corrected chi connectivity index (χ2v) is 8.71. The van der Waals surface area contributed by atoms with E-state index in [1.165, 1.54) is 108 Å². The minimum atomic E-state index is -0.0759. The van der Waals surface area contributed by atoms with Crippen molar-refractivity contribution in [3.8, 4) is 0 Å². The van der Waals surface area contributed by atoms with Gasteiger partial charge in [0, 0.05) is 12.2 Å². The van der Waals surface area contributed by atoms with Gasteiger partial charge in [0.2, 0.25) is 0 Å². The summed E-state index contributed by atoms with van der Waals surface area (Å²) >= 11 is 1.92. The van der Waals surface area contributed by atoms with Gasteiger partial charge in [0.25, 0.3) is 0 Å². The van der Waals surface area contributed by atoms with Crippen LogP contribution >= 0.6 is 11.8 Å². The van der Waals surface area contributed by atoms with Gasteiger partial charge in [0.15, 0.2) is 0 Å². The molecule has 0 aromatic carbocycles. The number of ether oxygens (including phenoxy) is 1. The van der Waals surface area contributed by atoms with E-state index in [4.69, 9.17) is 4.74 Å². The van der Waals surface area contributed by atoms with Crippen LogP contribution in [0.1, 0.15) is 123 Å². The summed E-state index contributed by atoms with van der Waals surface area (Å²) in [6, 6.07) is 0. The Morgan fingerprint density at radius 1 is 0.615 bits per heavy atom. The van der Waals surface area contributed by atoms with Crippen LogP contribution in [0.2, 0.25) is 0 Å². The third kappa shape index (κ3) is 21.9. The molecule has 0 spiro atoms. The summed E-state index contributed by atoms with van der Waals surface area (Å²) in [4.78, 5) is 11.0. The molecule has 0 N–H and O–H groups in total. The van der Waals surface area contributed by atoms with E-state index in [1.807, 2.05) is 18.7 Å². The van der Waals surface area contributed by atoms with Crippen LogP contribution in [0, 0.1) is 0 Å². The van der Waals surface area contributed by atoms with E-state index in [0.29, 0.717) is 13.0 Å². The maximum absolute atomic E-state index is 11.0. The highest BCUT2D eigenvalue weighted by molar-refractivity contribution is 7.99. The fourth-order valence-electron chi connectivity index (χ4n) is 3.17. The molecule has 0 radical (unpaired) electrons. The van der Waals surface area contributed by atoms with E-state index >= 15 is 0 Å². The van der Waals surface area contributed by atoms with Crippen LogP contribution in [0.4, 0.5) is 0 Å². The molecule has 0 rings (SSSR count). The lowest BCUT2D eigenvalue weighted by Crippen LogP contribution is -2.05. The van der Waals surface area contributed by atoms with Crippen molar-refractivity contribution in [1.29, 1.82) is 0 Å². The first-order chi connectivity index (χ1) is 12.8. The number of hydrogen-bond donors (Lipinski definition) is 0. The summed E-state index contributed by atoms with van der Waals surface area (Å²) in [5.74, 6) is 2.08. The molecule has 0 aromatic heterocycles. The van der Waals surface area contributed by atoms with Gasteiger partial charge in [-0.25, -0.2) is 0 Å². The number of rotatable bonds is 21. The Morgan fingerprint density at radius 3 is 1.46 bits per heavy atom. The van der Waals surface area contributed by atoms with Crippen LogP contribution in [-0.4, -0.2) is 24.1 Å². The van der Waals surface area contributed by atoms with Crippen molar-refractivity contribution in [3.63, 3.8) is 0 Å².